The van der Waals surface area contributed by atoms with E-state index < -0.39 is 17.4 Å². The quantitative estimate of drug-likeness (QED) is 0.321. The second kappa shape index (κ2) is 9.21. The van der Waals surface area contributed by atoms with E-state index in [1.54, 1.807) is 29.2 Å². The van der Waals surface area contributed by atoms with Crippen LogP contribution in [0.1, 0.15) is 35.7 Å². The number of carbonyl (C=O) groups is 3. The van der Waals surface area contributed by atoms with Crippen LogP contribution in [0.3, 0.4) is 0 Å². The summed E-state index contributed by atoms with van der Waals surface area (Å²) in [5, 5.41) is 7.48. The van der Waals surface area contributed by atoms with Gasteiger partial charge in [0.1, 0.15) is 5.84 Å². The predicted octanol–water partition coefficient (Wildman–Crippen LogP) is 2.59. The molecule has 1 atom stereocenters. The van der Waals surface area contributed by atoms with Crippen LogP contribution in [0.2, 0.25) is 0 Å². The summed E-state index contributed by atoms with van der Waals surface area (Å²) in [4.78, 5) is 39.5. The topological polar surface area (TPSA) is 123 Å². The third-order valence-electron chi connectivity index (χ3n) is 6.03. The average Bonchev–Trinajstić information content (AvgIpc) is 2.82. The number of carbonyl (C=O) groups excluding carboxylic acids is 3. The first-order valence-electron chi connectivity index (χ1n) is 10.3. The number of hydrogen-bond acceptors (Lipinski definition) is 6. The highest BCUT2D eigenvalue weighted by Gasteiger charge is 2.53. The van der Waals surface area contributed by atoms with Gasteiger partial charge < -0.3 is 20.1 Å². The minimum absolute atomic E-state index is 0.0107. The highest BCUT2D eigenvalue weighted by molar-refractivity contribution is 6.01. The molecule has 1 fully saturated rings. The number of rotatable bonds is 5. The first kappa shape index (κ1) is 23.0. The average molecular weight is 437 g/mol. The Labute approximate surface area is 186 Å². The van der Waals surface area contributed by atoms with Gasteiger partial charge in [0.25, 0.3) is 5.91 Å². The Morgan fingerprint density at radius 3 is 1.81 bits per heavy atom. The molecule has 0 spiro atoms. The third kappa shape index (κ3) is 4.21. The molecule has 8 nitrogen and oxygen atoms in total. The van der Waals surface area contributed by atoms with Gasteiger partial charge in [0, 0.05) is 23.7 Å². The Kier molecular flexibility index (Phi) is 6.62. The van der Waals surface area contributed by atoms with Crippen molar-refractivity contribution in [2.75, 3.05) is 20.8 Å². The number of nitrogen functional groups attached to an aromatic ring is 1. The molecule has 0 bridgehead atoms. The van der Waals surface area contributed by atoms with Crippen molar-refractivity contribution in [1.29, 1.82) is 5.41 Å². The van der Waals surface area contributed by atoms with E-state index in [0.29, 0.717) is 11.1 Å². The number of amides is 1. The van der Waals surface area contributed by atoms with Crippen molar-refractivity contribution < 1.29 is 23.9 Å². The molecular weight excluding hydrogens is 410 g/mol. The molecule has 2 aromatic rings. The number of nitrogens with zero attached hydrogens (tertiary/aromatic N) is 1. The molecule has 1 heterocycles. The van der Waals surface area contributed by atoms with E-state index in [4.69, 9.17) is 20.6 Å². The molecule has 1 saturated heterocycles. The second-order valence-electron chi connectivity index (χ2n) is 7.94. The van der Waals surface area contributed by atoms with Crippen molar-refractivity contribution in [2.24, 2.45) is 11.1 Å². The lowest BCUT2D eigenvalue weighted by atomic mass is 9.75. The van der Waals surface area contributed by atoms with Gasteiger partial charge in [-0.25, -0.2) is 0 Å². The van der Waals surface area contributed by atoms with Crippen molar-refractivity contribution in [2.45, 2.75) is 25.8 Å². The summed E-state index contributed by atoms with van der Waals surface area (Å²) in [6.45, 7) is 2.04. The van der Waals surface area contributed by atoms with E-state index in [-0.39, 0.29) is 37.2 Å². The number of methoxy groups -OCH3 is 2. The molecule has 0 radical (unpaired) electrons. The minimum Gasteiger partial charge on any atom is -0.468 e. The number of amidine groups is 1. The Balaban J connectivity index is 1.76. The van der Waals surface area contributed by atoms with Crippen molar-refractivity contribution in [3.05, 3.63) is 59.7 Å². The zero-order valence-corrected chi connectivity index (χ0v) is 18.4. The molecule has 0 aromatic heterocycles. The van der Waals surface area contributed by atoms with E-state index in [9.17, 15) is 14.4 Å². The number of esters is 2. The number of likely N-dealkylation sites (tertiary alicyclic amines) is 1. The molecule has 1 amide bonds. The summed E-state index contributed by atoms with van der Waals surface area (Å²) in [6.07, 6.45) is 0.279. The minimum atomic E-state index is -1.39. The van der Waals surface area contributed by atoms with Crippen molar-refractivity contribution in [3.63, 3.8) is 0 Å². The summed E-state index contributed by atoms with van der Waals surface area (Å²) in [5.74, 6) is -1.43. The van der Waals surface area contributed by atoms with Crippen LogP contribution in [-0.4, -0.2) is 55.4 Å². The van der Waals surface area contributed by atoms with Crippen LogP contribution in [0, 0.1) is 10.8 Å². The molecule has 168 valence electrons. The lowest BCUT2D eigenvalue weighted by Gasteiger charge is -2.42. The van der Waals surface area contributed by atoms with E-state index in [0.717, 1.165) is 11.1 Å². The third-order valence-corrected chi connectivity index (χ3v) is 6.03. The molecule has 8 heteroatoms. The van der Waals surface area contributed by atoms with Crippen LogP contribution in [-0.2, 0) is 19.1 Å². The van der Waals surface area contributed by atoms with Gasteiger partial charge in [-0.3, -0.25) is 19.8 Å². The standard InChI is InChI=1S/C24H27N3O5/c1-15-14-24(22(29)31-2,23(30)32-3)12-13-27(15)21(28)19-10-6-17(7-11-19)16-4-8-18(9-5-16)20(25)26/h4-11,15H,12-14H2,1-3H3,(H3,25,26). The summed E-state index contributed by atoms with van der Waals surface area (Å²) >= 11 is 0. The largest absolute Gasteiger partial charge is 0.468 e. The van der Waals surface area contributed by atoms with Crippen molar-refractivity contribution in [3.8, 4) is 11.1 Å². The maximum atomic E-state index is 13.1. The fraction of sp³-hybridized carbons (Fsp3) is 0.333. The molecule has 32 heavy (non-hydrogen) atoms. The zero-order valence-electron chi connectivity index (χ0n) is 18.4. The van der Waals surface area contributed by atoms with Gasteiger partial charge in [0.15, 0.2) is 5.41 Å². The zero-order chi connectivity index (χ0) is 23.5. The number of piperidine rings is 1. The normalized spacial score (nSPS) is 17.3. The highest BCUT2D eigenvalue weighted by Crippen LogP contribution is 2.38. The van der Waals surface area contributed by atoms with Crippen molar-refractivity contribution in [1.82, 2.24) is 4.90 Å². The Bertz CT molecular complexity index is 1010. The molecule has 1 unspecified atom stereocenters. The SMILES string of the molecule is COC(=O)C1(C(=O)OC)CCN(C(=O)c2ccc(-c3ccc(C(=N)N)cc3)cc2)C(C)C1. The van der Waals surface area contributed by atoms with Crippen LogP contribution < -0.4 is 5.73 Å². The summed E-state index contributed by atoms with van der Waals surface area (Å²) in [5.41, 5.74) is 7.14. The highest BCUT2D eigenvalue weighted by atomic mass is 16.5. The molecule has 1 aliphatic rings. The van der Waals surface area contributed by atoms with Crippen LogP contribution in [0.25, 0.3) is 11.1 Å². The monoisotopic (exact) mass is 437 g/mol. The Morgan fingerprint density at radius 1 is 0.938 bits per heavy atom. The Hall–Kier alpha value is -3.68. The lowest BCUT2D eigenvalue weighted by molar-refractivity contribution is -0.173. The number of nitrogens with two attached hydrogens (primary N) is 1. The fourth-order valence-electron chi connectivity index (χ4n) is 4.21. The Morgan fingerprint density at radius 2 is 1.41 bits per heavy atom. The molecule has 3 N–H and O–H groups in total. The van der Waals surface area contributed by atoms with Gasteiger partial charge in [0.05, 0.1) is 14.2 Å². The molecule has 2 aromatic carbocycles. The van der Waals surface area contributed by atoms with E-state index in [1.807, 2.05) is 31.2 Å². The lowest BCUT2D eigenvalue weighted by Crippen LogP contribution is -2.55. The number of nitrogens with one attached hydrogen (secondary N) is 1. The first-order valence-corrected chi connectivity index (χ1v) is 10.3. The van der Waals surface area contributed by atoms with E-state index in [1.165, 1.54) is 14.2 Å². The summed E-state index contributed by atoms with van der Waals surface area (Å²) in [7, 11) is 2.48. The van der Waals surface area contributed by atoms with Crippen molar-refractivity contribution >= 4 is 23.7 Å². The van der Waals surface area contributed by atoms with Gasteiger partial charge in [-0.15, -0.1) is 0 Å². The van der Waals surface area contributed by atoms with E-state index >= 15 is 0 Å². The van der Waals surface area contributed by atoms with Crippen LogP contribution in [0.4, 0.5) is 0 Å². The fourth-order valence-corrected chi connectivity index (χ4v) is 4.21. The van der Waals surface area contributed by atoms with Gasteiger partial charge in [-0.1, -0.05) is 36.4 Å². The summed E-state index contributed by atoms with van der Waals surface area (Å²) < 4.78 is 9.72. The van der Waals surface area contributed by atoms with Gasteiger partial charge >= 0.3 is 11.9 Å². The first-order chi connectivity index (χ1) is 15.2. The predicted molar refractivity (Wildman–Crippen MR) is 119 cm³/mol. The second-order valence-corrected chi connectivity index (χ2v) is 7.94. The molecule has 3 rings (SSSR count). The summed E-state index contributed by atoms with van der Waals surface area (Å²) in [6, 6.07) is 14.2. The molecule has 0 saturated carbocycles. The molecule has 1 aliphatic heterocycles. The maximum Gasteiger partial charge on any atom is 0.323 e. The number of hydrogen-bond donors (Lipinski definition) is 2. The van der Waals surface area contributed by atoms with Gasteiger partial charge in [0.2, 0.25) is 0 Å². The van der Waals surface area contributed by atoms with Crippen LogP contribution in [0.15, 0.2) is 48.5 Å². The van der Waals surface area contributed by atoms with Gasteiger partial charge in [-0.05, 0) is 43.0 Å². The molecule has 0 aliphatic carbocycles. The van der Waals surface area contributed by atoms with Crippen LogP contribution in [0.5, 0.6) is 0 Å². The number of benzene rings is 2. The van der Waals surface area contributed by atoms with Crippen LogP contribution >= 0.6 is 0 Å². The maximum absolute atomic E-state index is 13.1. The van der Waals surface area contributed by atoms with E-state index in [2.05, 4.69) is 0 Å². The number of ether oxygens (including phenoxy) is 2. The van der Waals surface area contributed by atoms with Gasteiger partial charge in [-0.2, -0.15) is 0 Å². The molecular formula is C24H27N3O5. The smallest absolute Gasteiger partial charge is 0.323 e.